The Kier molecular flexibility index (Phi) is 3.95. The van der Waals surface area contributed by atoms with Gasteiger partial charge in [-0.3, -0.25) is 9.36 Å². The van der Waals surface area contributed by atoms with Crippen molar-refractivity contribution in [3.63, 3.8) is 0 Å². The predicted octanol–water partition coefficient (Wildman–Crippen LogP) is 2.97. The Bertz CT molecular complexity index is 620. The number of benzene rings is 1. The van der Waals surface area contributed by atoms with Crippen molar-refractivity contribution in [2.24, 2.45) is 0 Å². The number of aryl methyl sites for hydroxylation is 2. The van der Waals surface area contributed by atoms with Crippen LogP contribution in [0, 0.1) is 20.8 Å². The zero-order chi connectivity index (χ0) is 14.0. The molecule has 100 valence electrons. The first-order valence-electron chi connectivity index (χ1n) is 5.96. The number of imidazole rings is 1. The lowest BCUT2D eigenvalue weighted by Crippen LogP contribution is -2.04. The number of carbonyl (C=O) groups is 1. The number of rotatable bonds is 4. The highest BCUT2D eigenvalue weighted by Gasteiger charge is 2.13. The standard InChI is InChI=1S/C14H16N2O2S/c1-9-5-4-6-12(11(9)3)16-10(2)7-15-14(16)19-8-13(17)18/h4-7H,8H2,1-3H3,(H,17,18). The molecule has 0 atom stereocenters. The van der Waals surface area contributed by atoms with Gasteiger partial charge in [-0.15, -0.1) is 0 Å². The van der Waals surface area contributed by atoms with E-state index < -0.39 is 5.97 Å². The Morgan fingerprint density at radius 1 is 1.37 bits per heavy atom. The summed E-state index contributed by atoms with van der Waals surface area (Å²) in [5.74, 6) is -0.820. The second kappa shape index (κ2) is 5.48. The highest BCUT2D eigenvalue weighted by atomic mass is 32.2. The van der Waals surface area contributed by atoms with Gasteiger partial charge in [0.1, 0.15) is 0 Å². The number of carboxylic acids is 1. The molecule has 0 radical (unpaired) electrons. The first-order chi connectivity index (χ1) is 9.00. The Morgan fingerprint density at radius 2 is 2.11 bits per heavy atom. The lowest BCUT2D eigenvalue weighted by atomic mass is 10.1. The molecule has 0 aliphatic rings. The summed E-state index contributed by atoms with van der Waals surface area (Å²) in [7, 11) is 0. The molecule has 0 saturated carbocycles. The molecule has 0 saturated heterocycles. The van der Waals surface area contributed by atoms with Crippen LogP contribution in [0.25, 0.3) is 5.69 Å². The quantitative estimate of drug-likeness (QED) is 0.872. The van der Waals surface area contributed by atoms with Crippen LogP contribution in [-0.4, -0.2) is 26.4 Å². The molecular weight excluding hydrogens is 260 g/mol. The van der Waals surface area contributed by atoms with Gasteiger partial charge in [0.2, 0.25) is 0 Å². The molecule has 1 N–H and O–H groups in total. The highest BCUT2D eigenvalue weighted by Crippen LogP contribution is 2.26. The average Bonchev–Trinajstić information content (AvgIpc) is 2.72. The normalized spacial score (nSPS) is 10.7. The fourth-order valence-corrected chi connectivity index (χ4v) is 2.67. The molecule has 5 heteroatoms. The third kappa shape index (κ3) is 2.81. The van der Waals surface area contributed by atoms with Crippen LogP contribution >= 0.6 is 11.8 Å². The summed E-state index contributed by atoms with van der Waals surface area (Å²) in [5.41, 5.74) is 4.45. The summed E-state index contributed by atoms with van der Waals surface area (Å²) in [6, 6.07) is 6.10. The largest absolute Gasteiger partial charge is 0.481 e. The van der Waals surface area contributed by atoms with Crippen LogP contribution in [0.5, 0.6) is 0 Å². The Balaban J connectivity index is 2.46. The molecule has 0 aliphatic carbocycles. The molecule has 1 aromatic carbocycles. The predicted molar refractivity (Wildman–Crippen MR) is 76.1 cm³/mol. The van der Waals surface area contributed by atoms with Gasteiger partial charge in [-0.25, -0.2) is 4.98 Å². The smallest absolute Gasteiger partial charge is 0.313 e. The van der Waals surface area contributed by atoms with E-state index >= 15 is 0 Å². The summed E-state index contributed by atoms with van der Waals surface area (Å²) in [6.45, 7) is 6.10. The molecule has 1 heterocycles. The molecule has 0 aliphatic heterocycles. The zero-order valence-electron chi connectivity index (χ0n) is 11.2. The van der Waals surface area contributed by atoms with E-state index in [0.717, 1.165) is 11.4 Å². The van der Waals surface area contributed by atoms with Crippen LogP contribution in [0.1, 0.15) is 16.8 Å². The van der Waals surface area contributed by atoms with Crippen molar-refractivity contribution in [1.82, 2.24) is 9.55 Å². The maximum atomic E-state index is 10.7. The SMILES string of the molecule is Cc1cccc(-n2c(C)cnc2SCC(=O)O)c1C. The molecule has 0 amide bonds. The Morgan fingerprint density at radius 3 is 2.79 bits per heavy atom. The first-order valence-corrected chi connectivity index (χ1v) is 6.95. The lowest BCUT2D eigenvalue weighted by molar-refractivity contribution is -0.133. The van der Waals surface area contributed by atoms with Crippen molar-refractivity contribution in [2.45, 2.75) is 25.9 Å². The number of hydrogen-bond donors (Lipinski definition) is 1. The first kappa shape index (κ1) is 13.7. The fraction of sp³-hybridized carbons (Fsp3) is 0.286. The van der Waals surface area contributed by atoms with Gasteiger partial charge in [-0.2, -0.15) is 0 Å². The minimum atomic E-state index is -0.835. The van der Waals surface area contributed by atoms with Crippen molar-refractivity contribution >= 4 is 17.7 Å². The van der Waals surface area contributed by atoms with Crippen molar-refractivity contribution in [1.29, 1.82) is 0 Å². The third-order valence-electron chi connectivity index (χ3n) is 3.05. The van der Waals surface area contributed by atoms with E-state index in [4.69, 9.17) is 5.11 Å². The van der Waals surface area contributed by atoms with Crippen molar-refractivity contribution < 1.29 is 9.90 Å². The number of nitrogens with zero attached hydrogens (tertiary/aromatic N) is 2. The van der Waals surface area contributed by atoms with E-state index in [1.807, 2.05) is 23.6 Å². The van der Waals surface area contributed by atoms with Gasteiger partial charge < -0.3 is 5.11 Å². The lowest BCUT2D eigenvalue weighted by Gasteiger charge is -2.13. The fourth-order valence-electron chi connectivity index (χ4n) is 1.91. The van der Waals surface area contributed by atoms with Gasteiger partial charge in [0.05, 0.1) is 11.4 Å². The van der Waals surface area contributed by atoms with Gasteiger partial charge in [-0.1, -0.05) is 23.9 Å². The maximum absolute atomic E-state index is 10.7. The average molecular weight is 276 g/mol. The van der Waals surface area contributed by atoms with Gasteiger partial charge in [-0.05, 0) is 38.0 Å². The number of aliphatic carboxylic acids is 1. The molecule has 0 unspecified atom stereocenters. The van der Waals surface area contributed by atoms with E-state index in [0.29, 0.717) is 5.16 Å². The van der Waals surface area contributed by atoms with Gasteiger partial charge in [0.15, 0.2) is 5.16 Å². The van der Waals surface area contributed by atoms with Gasteiger partial charge in [0, 0.05) is 11.9 Å². The minimum Gasteiger partial charge on any atom is -0.481 e. The number of thioether (sulfide) groups is 1. The number of hydrogen-bond acceptors (Lipinski definition) is 3. The van der Waals surface area contributed by atoms with Gasteiger partial charge in [0.25, 0.3) is 0 Å². The summed E-state index contributed by atoms with van der Waals surface area (Å²) in [4.78, 5) is 15.0. The van der Waals surface area contributed by atoms with E-state index in [1.54, 1.807) is 6.20 Å². The molecular formula is C14H16N2O2S. The molecule has 1 aromatic heterocycles. The second-order valence-corrected chi connectivity index (χ2v) is 5.36. The maximum Gasteiger partial charge on any atom is 0.313 e. The summed E-state index contributed by atoms with van der Waals surface area (Å²) in [5, 5.41) is 9.50. The van der Waals surface area contributed by atoms with Crippen molar-refractivity contribution in [2.75, 3.05) is 5.75 Å². The second-order valence-electron chi connectivity index (χ2n) is 4.42. The van der Waals surface area contributed by atoms with E-state index in [1.165, 1.54) is 22.9 Å². The van der Waals surface area contributed by atoms with Crippen LogP contribution in [0.15, 0.2) is 29.6 Å². The molecule has 0 spiro atoms. The van der Waals surface area contributed by atoms with Crippen LogP contribution < -0.4 is 0 Å². The van der Waals surface area contributed by atoms with E-state index in [9.17, 15) is 4.79 Å². The van der Waals surface area contributed by atoms with Crippen LogP contribution in [-0.2, 0) is 4.79 Å². The molecule has 0 bridgehead atoms. The number of carboxylic acid groups (broad SMARTS) is 1. The summed E-state index contributed by atoms with van der Waals surface area (Å²) < 4.78 is 2.01. The van der Waals surface area contributed by atoms with E-state index in [-0.39, 0.29) is 5.75 Å². The Hall–Kier alpha value is -1.75. The van der Waals surface area contributed by atoms with Gasteiger partial charge >= 0.3 is 5.97 Å². The van der Waals surface area contributed by atoms with Crippen molar-refractivity contribution in [3.05, 3.63) is 41.2 Å². The van der Waals surface area contributed by atoms with E-state index in [2.05, 4.69) is 24.9 Å². The van der Waals surface area contributed by atoms with Crippen molar-refractivity contribution in [3.8, 4) is 5.69 Å². The minimum absolute atomic E-state index is 0.0152. The monoisotopic (exact) mass is 276 g/mol. The number of aromatic nitrogens is 2. The van der Waals surface area contributed by atoms with Crippen LogP contribution in [0.4, 0.5) is 0 Å². The highest BCUT2D eigenvalue weighted by molar-refractivity contribution is 7.99. The summed E-state index contributed by atoms with van der Waals surface area (Å²) >= 11 is 1.24. The molecule has 4 nitrogen and oxygen atoms in total. The molecule has 19 heavy (non-hydrogen) atoms. The molecule has 2 rings (SSSR count). The topological polar surface area (TPSA) is 55.1 Å². The van der Waals surface area contributed by atoms with Crippen LogP contribution in [0.3, 0.4) is 0 Å². The molecule has 2 aromatic rings. The third-order valence-corrected chi connectivity index (χ3v) is 3.98. The Labute approximate surface area is 116 Å². The van der Waals surface area contributed by atoms with Crippen LogP contribution in [0.2, 0.25) is 0 Å². The zero-order valence-corrected chi connectivity index (χ0v) is 12.0. The molecule has 0 fully saturated rings. The summed E-state index contributed by atoms with van der Waals surface area (Å²) in [6.07, 6.45) is 1.77.